The third kappa shape index (κ3) is 9.85. The van der Waals surface area contributed by atoms with Crippen molar-refractivity contribution in [3.05, 3.63) is 113 Å². The van der Waals surface area contributed by atoms with Gasteiger partial charge in [0.05, 0.1) is 11.7 Å². The number of allylic oxidation sites excluding steroid dienone is 6. The first-order valence-corrected chi connectivity index (χ1v) is 13.8. The Morgan fingerprint density at radius 1 is 1.31 bits per heavy atom. The molecular weight excluding hydrogens is 537 g/mol. The van der Waals surface area contributed by atoms with Crippen LogP contribution in [0.2, 0.25) is 0 Å². The van der Waals surface area contributed by atoms with Crippen LogP contribution in [-0.2, 0) is 9.53 Å². The summed E-state index contributed by atoms with van der Waals surface area (Å²) in [5.41, 5.74) is 3.81. The summed E-state index contributed by atoms with van der Waals surface area (Å²) >= 11 is 0. The Morgan fingerprint density at radius 2 is 2.10 bits per heavy atom. The van der Waals surface area contributed by atoms with Gasteiger partial charge < -0.3 is 30.7 Å². The molecule has 1 aliphatic rings. The standard InChI is InChI=1S/C33H38FN3O5/c1-4-6-26(16-22(3)31-18-24(20-37-31)33(41)36-14-5-7-32(39)40)42-27-12-10-23(17-27)9-11-25(38)19-30(35)28-15-21(2)8-13-29(28)34/h4,6,8,10,12-13,15-18,20,25,27,35,37-38H,3,5,7,9,11,14,19H2,1-2H3,(H,36,41)(H,39,40)/b6-4-,26-16+,35-30?. The van der Waals surface area contributed by atoms with Crippen molar-refractivity contribution >= 4 is 23.2 Å². The smallest absolute Gasteiger partial charge is 0.303 e. The predicted molar refractivity (Wildman–Crippen MR) is 162 cm³/mol. The van der Waals surface area contributed by atoms with Crippen molar-refractivity contribution in [2.75, 3.05) is 6.54 Å². The first kappa shape index (κ1) is 32.0. The molecule has 2 aromatic rings. The van der Waals surface area contributed by atoms with E-state index in [0.29, 0.717) is 41.9 Å². The summed E-state index contributed by atoms with van der Waals surface area (Å²) in [5, 5.41) is 30.1. The van der Waals surface area contributed by atoms with Gasteiger partial charge in [0.1, 0.15) is 17.7 Å². The SMILES string of the molecule is C=C(/C=C(\C=C/C)OC1C=CC(CCC(O)CC(=N)c2cc(C)ccc2F)=C1)c1cc(C(=O)NCCCC(=O)O)c[nH]1. The lowest BCUT2D eigenvalue weighted by Gasteiger charge is -2.13. The van der Waals surface area contributed by atoms with Crippen LogP contribution in [0.1, 0.15) is 66.2 Å². The van der Waals surface area contributed by atoms with Crippen LogP contribution in [0.5, 0.6) is 0 Å². The molecule has 1 aromatic carbocycles. The maximum Gasteiger partial charge on any atom is 0.303 e. The van der Waals surface area contributed by atoms with Gasteiger partial charge in [-0.2, -0.15) is 0 Å². The number of ether oxygens (including phenoxy) is 1. The molecule has 0 saturated carbocycles. The Kier molecular flexibility index (Phi) is 11.8. The number of hydrogen-bond donors (Lipinski definition) is 5. The number of carboxylic acid groups (broad SMARTS) is 1. The van der Waals surface area contributed by atoms with Crippen LogP contribution in [0.15, 0.2) is 84.8 Å². The van der Waals surface area contributed by atoms with Gasteiger partial charge in [0.15, 0.2) is 0 Å². The Bertz CT molecular complexity index is 1430. The largest absolute Gasteiger partial charge is 0.482 e. The van der Waals surface area contributed by atoms with Crippen LogP contribution in [0.4, 0.5) is 4.39 Å². The molecule has 0 spiro atoms. The second-order valence-corrected chi connectivity index (χ2v) is 10.2. The van der Waals surface area contributed by atoms with E-state index in [-0.39, 0.29) is 42.7 Å². The van der Waals surface area contributed by atoms with Crippen molar-refractivity contribution in [1.82, 2.24) is 10.3 Å². The highest BCUT2D eigenvalue weighted by Crippen LogP contribution is 2.24. The zero-order valence-corrected chi connectivity index (χ0v) is 24.0. The fraction of sp³-hybridized carbons (Fsp3) is 0.303. The first-order chi connectivity index (χ1) is 20.0. The number of aryl methyl sites for hydroxylation is 1. The fourth-order valence-electron chi connectivity index (χ4n) is 4.38. The third-order valence-corrected chi connectivity index (χ3v) is 6.60. The molecule has 0 bridgehead atoms. The summed E-state index contributed by atoms with van der Waals surface area (Å²) < 4.78 is 20.2. The van der Waals surface area contributed by atoms with Crippen LogP contribution in [-0.4, -0.2) is 51.5 Å². The van der Waals surface area contributed by atoms with E-state index in [1.54, 1.807) is 30.5 Å². The average Bonchev–Trinajstić information content (AvgIpc) is 3.61. The van der Waals surface area contributed by atoms with Gasteiger partial charge >= 0.3 is 5.97 Å². The highest BCUT2D eigenvalue weighted by Gasteiger charge is 2.17. The van der Waals surface area contributed by atoms with Crippen molar-refractivity contribution in [2.45, 2.75) is 58.2 Å². The number of H-pyrrole nitrogens is 1. The molecule has 0 aliphatic heterocycles. The van der Waals surface area contributed by atoms with E-state index in [4.69, 9.17) is 15.3 Å². The number of aromatic amines is 1. The minimum Gasteiger partial charge on any atom is -0.482 e. The summed E-state index contributed by atoms with van der Waals surface area (Å²) in [6, 6.07) is 6.29. The second-order valence-electron chi connectivity index (χ2n) is 10.2. The van der Waals surface area contributed by atoms with Gasteiger partial charge in [0.2, 0.25) is 0 Å². The number of carbonyl (C=O) groups excluding carboxylic acids is 1. The highest BCUT2D eigenvalue weighted by molar-refractivity contribution is 5.99. The number of aliphatic carboxylic acids is 1. The second kappa shape index (κ2) is 15.5. The number of aliphatic hydroxyl groups is 1. The third-order valence-electron chi connectivity index (χ3n) is 6.60. The summed E-state index contributed by atoms with van der Waals surface area (Å²) in [4.78, 5) is 26.0. The Morgan fingerprint density at radius 3 is 2.83 bits per heavy atom. The molecule has 0 radical (unpaired) electrons. The lowest BCUT2D eigenvalue weighted by atomic mass is 9.98. The summed E-state index contributed by atoms with van der Waals surface area (Å²) in [5.74, 6) is -1.10. The van der Waals surface area contributed by atoms with E-state index in [1.165, 1.54) is 6.07 Å². The van der Waals surface area contributed by atoms with Crippen LogP contribution in [0.25, 0.3) is 5.57 Å². The van der Waals surface area contributed by atoms with E-state index >= 15 is 0 Å². The number of rotatable bonds is 16. The number of hydrogen-bond acceptors (Lipinski definition) is 5. The van der Waals surface area contributed by atoms with Crippen molar-refractivity contribution in [3.63, 3.8) is 0 Å². The van der Waals surface area contributed by atoms with Gasteiger partial charge in [-0.25, -0.2) is 4.39 Å². The molecule has 0 saturated heterocycles. The number of halogens is 1. The minimum atomic E-state index is -0.903. The molecule has 1 aromatic heterocycles. The van der Waals surface area contributed by atoms with E-state index in [2.05, 4.69) is 16.9 Å². The van der Waals surface area contributed by atoms with Crippen LogP contribution in [0.3, 0.4) is 0 Å². The summed E-state index contributed by atoms with van der Waals surface area (Å²) in [7, 11) is 0. The molecule has 8 nitrogen and oxygen atoms in total. The zero-order valence-electron chi connectivity index (χ0n) is 24.0. The van der Waals surface area contributed by atoms with E-state index in [1.807, 2.05) is 44.2 Å². The fourth-order valence-corrected chi connectivity index (χ4v) is 4.38. The van der Waals surface area contributed by atoms with Gasteiger partial charge in [-0.15, -0.1) is 0 Å². The lowest BCUT2D eigenvalue weighted by Crippen LogP contribution is -2.24. The molecule has 2 unspecified atom stereocenters. The monoisotopic (exact) mass is 575 g/mol. The molecule has 42 heavy (non-hydrogen) atoms. The highest BCUT2D eigenvalue weighted by atomic mass is 19.1. The van der Waals surface area contributed by atoms with Crippen LogP contribution >= 0.6 is 0 Å². The van der Waals surface area contributed by atoms with E-state index in [0.717, 1.165) is 11.1 Å². The molecule has 0 fully saturated rings. The van der Waals surface area contributed by atoms with Crippen LogP contribution in [0, 0.1) is 18.2 Å². The molecule has 1 aliphatic carbocycles. The molecule has 3 rings (SSSR count). The van der Waals surface area contributed by atoms with E-state index in [9.17, 15) is 19.1 Å². The van der Waals surface area contributed by atoms with Crippen molar-refractivity contribution in [3.8, 4) is 0 Å². The zero-order chi connectivity index (χ0) is 30.6. The normalized spacial score (nSPS) is 15.5. The van der Waals surface area contributed by atoms with Crippen molar-refractivity contribution in [2.24, 2.45) is 0 Å². The number of carbonyl (C=O) groups is 2. The topological polar surface area (TPSA) is 136 Å². The Balaban J connectivity index is 1.52. The van der Waals surface area contributed by atoms with Crippen LogP contribution < -0.4 is 5.32 Å². The van der Waals surface area contributed by atoms with Gasteiger partial charge in [0.25, 0.3) is 5.91 Å². The number of carboxylic acids is 1. The average molecular weight is 576 g/mol. The maximum absolute atomic E-state index is 14.1. The lowest BCUT2D eigenvalue weighted by molar-refractivity contribution is -0.137. The Hall–Kier alpha value is -4.50. The van der Waals surface area contributed by atoms with Crippen molar-refractivity contribution < 1.29 is 28.9 Å². The maximum atomic E-state index is 14.1. The van der Waals surface area contributed by atoms with Gasteiger partial charge in [-0.1, -0.05) is 30.4 Å². The number of aliphatic hydroxyl groups excluding tert-OH is 1. The molecule has 222 valence electrons. The Labute approximate surface area is 245 Å². The van der Waals surface area contributed by atoms with Gasteiger partial charge in [-0.3, -0.25) is 9.59 Å². The molecule has 9 heteroatoms. The quantitative estimate of drug-likeness (QED) is 0.0723. The predicted octanol–water partition coefficient (Wildman–Crippen LogP) is 6.01. The molecule has 1 heterocycles. The summed E-state index contributed by atoms with van der Waals surface area (Å²) in [6.07, 6.45) is 13.1. The number of aromatic nitrogens is 1. The van der Waals surface area contributed by atoms with Gasteiger partial charge in [0, 0.05) is 42.6 Å². The minimum absolute atomic E-state index is 0.00872. The molecule has 5 N–H and O–H groups in total. The number of nitrogens with one attached hydrogen (secondary N) is 3. The molecule has 1 amide bonds. The number of amides is 1. The van der Waals surface area contributed by atoms with E-state index < -0.39 is 17.9 Å². The number of benzene rings is 1. The van der Waals surface area contributed by atoms with Gasteiger partial charge in [-0.05, 0) is 86.8 Å². The molecular formula is C33H38FN3O5. The van der Waals surface area contributed by atoms with Crippen molar-refractivity contribution in [1.29, 1.82) is 5.41 Å². The molecule has 2 atom stereocenters. The first-order valence-electron chi connectivity index (χ1n) is 13.8. The summed E-state index contributed by atoms with van der Waals surface area (Å²) in [6.45, 7) is 8.07.